The summed E-state index contributed by atoms with van der Waals surface area (Å²) in [4.78, 5) is 13.8. The number of hydrogen-bond donors (Lipinski definition) is 1. The van der Waals surface area contributed by atoms with E-state index in [1.165, 1.54) is 0 Å². The first-order chi connectivity index (χ1) is 7.18. The molecule has 1 aromatic rings. The highest BCUT2D eigenvalue weighted by atomic mass is 127. The molecule has 0 unspecified atom stereocenters. The molecule has 0 radical (unpaired) electrons. The summed E-state index contributed by atoms with van der Waals surface area (Å²) < 4.78 is 1.10. The van der Waals surface area contributed by atoms with Gasteiger partial charge in [-0.2, -0.15) is 0 Å². The van der Waals surface area contributed by atoms with Gasteiger partial charge in [-0.3, -0.25) is 4.79 Å². The molecule has 0 saturated carbocycles. The van der Waals surface area contributed by atoms with Crippen LogP contribution in [0.4, 0.5) is 0 Å². The Labute approximate surface area is 103 Å². The number of halogens is 1. The Balaban J connectivity index is 2.12. The zero-order valence-corrected chi connectivity index (χ0v) is 10.7. The van der Waals surface area contributed by atoms with Crippen LogP contribution >= 0.6 is 22.6 Å². The van der Waals surface area contributed by atoms with Crippen LogP contribution in [0, 0.1) is 3.57 Å². The minimum Gasteiger partial charge on any atom is -0.336 e. The molecule has 0 bridgehead atoms. The molecule has 1 amide bonds. The molecule has 0 spiro atoms. The monoisotopic (exact) mass is 316 g/mol. The van der Waals surface area contributed by atoms with E-state index >= 15 is 0 Å². The zero-order chi connectivity index (χ0) is 10.8. The maximum absolute atomic E-state index is 12.0. The van der Waals surface area contributed by atoms with Crippen LogP contribution in [-0.4, -0.2) is 37.0 Å². The third-order valence-electron chi connectivity index (χ3n) is 2.70. The Hall–Kier alpha value is -0.620. The SMILES string of the molecule is CN(C(=O)c1cccc(I)c1)C1CNC1. The molecule has 80 valence electrons. The highest BCUT2D eigenvalue weighted by Crippen LogP contribution is 2.12. The Morgan fingerprint density at radius 1 is 1.53 bits per heavy atom. The van der Waals surface area contributed by atoms with Gasteiger partial charge in [-0.25, -0.2) is 0 Å². The first-order valence-corrected chi connectivity index (χ1v) is 6.00. The number of nitrogens with zero attached hydrogens (tertiary/aromatic N) is 1. The van der Waals surface area contributed by atoms with Crippen molar-refractivity contribution >= 4 is 28.5 Å². The van der Waals surface area contributed by atoms with Crippen LogP contribution in [0.5, 0.6) is 0 Å². The van der Waals surface area contributed by atoms with Crippen molar-refractivity contribution in [2.24, 2.45) is 0 Å². The van der Waals surface area contributed by atoms with Crippen molar-refractivity contribution in [3.05, 3.63) is 33.4 Å². The standard InChI is InChI=1S/C11H13IN2O/c1-14(10-6-13-7-10)11(15)8-3-2-4-9(12)5-8/h2-5,10,13H,6-7H2,1H3. The maximum Gasteiger partial charge on any atom is 0.253 e. The zero-order valence-electron chi connectivity index (χ0n) is 8.53. The molecule has 2 rings (SSSR count). The molecule has 1 aliphatic rings. The molecular weight excluding hydrogens is 303 g/mol. The highest BCUT2D eigenvalue weighted by Gasteiger charge is 2.25. The second kappa shape index (κ2) is 4.49. The van der Waals surface area contributed by atoms with E-state index in [9.17, 15) is 4.79 Å². The molecule has 0 aliphatic carbocycles. The predicted octanol–water partition coefficient (Wildman–Crippen LogP) is 1.33. The molecule has 0 aromatic heterocycles. The minimum absolute atomic E-state index is 0.111. The van der Waals surface area contributed by atoms with Crippen molar-refractivity contribution in [2.45, 2.75) is 6.04 Å². The lowest BCUT2D eigenvalue weighted by molar-refractivity contribution is 0.0681. The Kier molecular flexibility index (Phi) is 3.25. The number of hydrogen-bond acceptors (Lipinski definition) is 2. The Bertz CT molecular complexity index is 377. The van der Waals surface area contributed by atoms with Crippen LogP contribution in [-0.2, 0) is 0 Å². The van der Waals surface area contributed by atoms with Gasteiger partial charge in [0, 0.05) is 29.3 Å². The third-order valence-corrected chi connectivity index (χ3v) is 3.37. The number of rotatable bonds is 2. The molecule has 1 aromatic carbocycles. The van der Waals surface area contributed by atoms with E-state index in [1.807, 2.05) is 36.2 Å². The molecule has 15 heavy (non-hydrogen) atoms. The number of amides is 1. The van der Waals surface area contributed by atoms with Crippen LogP contribution in [0.1, 0.15) is 10.4 Å². The number of nitrogens with one attached hydrogen (secondary N) is 1. The van der Waals surface area contributed by atoms with Crippen LogP contribution in [0.25, 0.3) is 0 Å². The van der Waals surface area contributed by atoms with Gasteiger partial charge in [-0.1, -0.05) is 6.07 Å². The smallest absolute Gasteiger partial charge is 0.253 e. The van der Waals surface area contributed by atoms with E-state index in [0.29, 0.717) is 6.04 Å². The van der Waals surface area contributed by atoms with Gasteiger partial charge in [0.15, 0.2) is 0 Å². The highest BCUT2D eigenvalue weighted by molar-refractivity contribution is 14.1. The average molecular weight is 316 g/mol. The van der Waals surface area contributed by atoms with Gasteiger partial charge in [0.2, 0.25) is 0 Å². The molecule has 1 heterocycles. The summed E-state index contributed by atoms with van der Waals surface area (Å²) in [5.74, 6) is 0.111. The van der Waals surface area contributed by atoms with E-state index in [4.69, 9.17) is 0 Å². The summed E-state index contributed by atoms with van der Waals surface area (Å²) >= 11 is 2.22. The topological polar surface area (TPSA) is 32.3 Å². The summed E-state index contributed by atoms with van der Waals surface area (Å²) in [6, 6.07) is 8.05. The third kappa shape index (κ3) is 2.31. The van der Waals surface area contributed by atoms with Crippen molar-refractivity contribution in [2.75, 3.05) is 20.1 Å². The van der Waals surface area contributed by atoms with Crippen LogP contribution in [0.3, 0.4) is 0 Å². The summed E-state index contributed by atoms with van der Waals surface area (Å²) in [5.41, 5.74) is 0.774. The van der Waals surface area contributed by atoms with Gasteiger partial charge in [-0.15, -0.1) is 0 Å². The number of benzene rings is 1. The first-order valence-electron chi connectivity index (χ1n) is 4.92. The largest absolute Gasteiger partial charge is 0.336 e. The van der Waals surface area contributed by atoms with Gasteiger partial charge < -0.3 is 10.2 Å². The van der Waals surface area contributed by atoms with Gasteiger partial charge in [0.25, 0.3) is 5.91 Å². The van der Waals surface area contributed by atoms with Crippen molar-refractivity contribution in [3.63, 3.8) is 0 Å². The predicted molar refractivity (Wildman–Crippen MR) is 67.9 cm³/mol. The second-order valence-corrected chi connectivity index (χ2v) is 4.98. The molecule has 4 heteroatoms. The fourth-order valence-electron chi connectivity index (χ4n) is 1.54. The fourth-order valence-corrected chi connectivity index (χ4v) is 2.08. The number of carbonyl (C=O) groups is 1. The molecule has 1 N–H and O–H groups in total. The van der Waals surface area contributed by atoms with Crippen molar-refractivity contribution in [1.82, 2.24) is 10.2 Å². The van der Waals surface area contributed by atoms with E-state index in [-0.39, 0.29) is 5.91 Å². The summed E-state index contributed by atoms with van der Waals surface area (Å²) in [5, 5.41) is 3.16. The molecule has 1 fully saturated rings. The molecule has 1 saturated heterocycles. The van der Waals surface area contributed by atoms with Gasteiger partial charge in [-0.05, 0) is 40.8 Å². The summed E-state index contributed by atoms with van der Waals surface area (Å²) in [6.07, 6.45) is 0. The lowest BCUT2D eigenvalue weighted by atomic mass is 10.1. The van der Waals surface area contributed by atoms with Crippen LogP contribution in [0.2, 0.25) is 0 Å². The van der Waals surface area contributed by atoms with Gasteiger partial charge in [0.1, 0.15) is 0 Å². The van der Waals surface area contributed by atoms with Gasteiger partial charge >= 0.3 is 0 Å². The van der Waals surface area contributed by atoms with E-state index in [1.54, 1.807) is 0 Å². The van der Waals surface area contributed by atoms with Crippen LogP contribution in [0.15, 0.2) is 24.3 Å². The van der Waals surface area contributed by atoms with E-state index < -0.39 is 0 Å². The van der Waals surface area contributed by atoms with E-state index in [0.717, 1.165) is 22.2 Å². The quantitative estimate of drug-likeness (QED) is 0.835. The van der Waals surface area contributed by atoms with E-state index in [2.05, 4.69) is 27.9 Å². The maximum atomic E-state index is 12.0. The molecule has 1 aliphatic heterocycles. The number of likely N-dealkylation sites (N-methyl/N-ethyl adjacent to an activating group) is 1. The van der Waals surface area contributed by atoms with Crippen molar-refractivity contribution in [1.29, 1.82) is 0 Å². The fraction of sp³-hybridized carbons (Fsp3) is 0.364. The Morgan fingerprint density at radius 2 is 2.27 bits per heavy atom. The molecule has 3 nitrogen and oxygen atoms in total. The van der Waals surface area contributed by atoms with Crippen molar-refractivity contribution < 1.29 is 4.79 Å². The first kappa shape index (κ1) is 10.9. The minimum atomic E-state index is 0.111. The average Bonchev–Trinajstić information content (AvgIpc) is 2.14. The van der Waals surface area contributed by atoms with Gasteiger partial charge in [0.05, 0.1) is 6.04 Å². The lowest BCUT2D eigenvalue weighted by Crippen LogP contribution is -2.57. The lowest BCUT2D eigenvalue weighted by Gasteiger charge is -2.35. The second-order valence-electron chi connectivity index (χ2n) is 3.74. The summed E-state index contributed by atoms with van der Waals surface area (Å²) in [6.45, 7) is 1.82. The molecule has 0 atom stereocenters. The number of carbonyl (C=O) groups excluding carboxylic acids is 1. The van der Waals surface area contributed by atoms with Crippen molar-refractivity contribution in [3.8, 4) is 0 Å². The Morgan fingerprint density at radius 3 is 2.80 bits per heavy atom. The normalized spacial score (nSPS) is 15.9. The summed E-state index contributed by atoms with van der Waals surface area (Å²) in [7, 11) is 1.87. The van der Waals surface area contributed by atoms with Crippen LogP contribution < -0.4 is 5.32 Å². The molecular formula is C11H13IN2O.